The predicted octanol–water partition coefficient (Wildman–Crippen LogP) is 2.65. The highest BCUT2D eigenvalue weighted by molar-refractivity contribution is 6.28. The van der Waals surface area contributed by atoms with Gasteiger partial charge in [-0.3, -0.25) is 14.9 Å². The van der Waals surface area contributed by atoms with E-state index in [1.807, 2.05) is 0 Å². The smallest absolute Gasteiger partial charge is 0.269 e. The van der Waals surface area contributed by atoms with Crippen LogP contribution in [0.4, 0.5) is 15.9 Å². The lowest BCUT2D eigenvalue weighted by Crippen LogP contribution is -2.45. The number of fused-ring (bicyclic) bond motifs is 2. The van der Waals surface area contributed by atoms with Gasteiger partial charge in [0.1, 0.15) is 5.69 Å². The second-order valence-corrected chi connectivity index (χ2v) is 9.34. The van der Waals surface area contributed by atoms with Gasteiger partial charge in [0.2, 0.25) is 11.2 Å². The highest BCUT2D eigenvalue weighted by Crippen LogP contribution is 2.54. The number of anilines is 1. The van der Waals surface area contributed by atoms with Crippen molar-refractivity contribution in [1.82, 2.24) is 25.0 Å². The first kappa shape index (κ1) is 24.0. The van der Waals surface area contributed by atoms with Gasteiger partial charge in [0.15, 0.2) is 11.6 Å². The van der Waals surface area contributed by atoms with Gasteiger partial charge in [-0.05, 0) is 35.9 Å². The number of nitrogens with one attached hydrogen (secondary N) is 1. The van der Waals surface area contributed by atoms with Crippen molar-refractivity contribution in [1.29, 1.82) is 0 Å². The number of ether oxygens (including phenoxy) is 1. The fraction of sp³-hybridized carbons (Fsp3) is 0.409. The number of nitro benzene ring substituents is 1. The quantitative estimate of drug-likeness (QED) is 0.247. The molecule has 1 aromatic carbocycles. The number of nitrogens with two attached hydrogens (primary N) is 1. The maximum Gasteiger partial charge on any atom is 0.269 e. The molecule has 3 aromatic rings. The van der Waals surface area contributed by atoms with Gasteiger partial charge in [-0.1, -0.05) is 17.3 Å². The first-order chi connectivity index (χ1) is 17.3. The van der Waals surface area contributed by atoms with Gasteiger partial charge in [-0.15, -0.1) is 5.10 Å². The summed E-state index contributed by atoms with van der Waals surface area (Å²) in [6, 6.07) is 5.69. The third-order valence-corrected chi connectivity index (χ3v) is 7.04. The van der Waals surface area contributed by atoms with Crippen LogP contribution in [0.25, 0.3) is 0 Å². The SMILES string of the molecule is NC(=O)[C@H]1[C@@H]2C[C@@H]([C@H]1Nc1nc(Cl)ncc1F)[C@H](n1cc(COCc3cccc([N+](=O)[O-])c3)nn1)C2. The van der Waals surface area contributed by atoms with Crippen molar-refractivity contribution in [2.24, 2.45) is 23.5 Å². The largest absolute Gasteiger partial charge is 0.370 e. The molecule has 0 aliphatic heterocycles. The molecular formula is C22H22ClFN8O4. The molecule has 3 N–H and O–H groups in total. The van der Waals surface area contributed by atoms with Crippen molar-refractivity contribution in [2.45, 2.75) is 38.1 Å². The van der Waals surface area contributed by atoms with E-state index in [-0.39, 0.29) is 47.9 Å². The van der Waals surface area contributed by atoms with Crippen molar-refractivity contribution in [2.75, 3.05) is 5.32 Å². The monoisotopic (exact) mass is 516 g/mol. The van der Waals surface area contributed by atoms with Gasteiger partial charge >= 0.3 is 0 Å². The lowest BCUT2D eigenvalue weighted by atomic mass is 9.81. The minimum absolute atomic E-state index is 0.000113. The highest BCUT2D eigenvalue weighted by atomic mass is 35.5. The summed E-state index contributed by atoms with van der Waals surface area (Å²) in [6.45, 7) is 0.349. The van der Waals surface area contributed by atoms with Crippen LogP contribution in [0.2, 0.25) is 5.28 Å². The summed E-state index contributed by atoms with van der Waals surface area (Å²) in [5.41, 5.74) is 6.96. The zero-order valence-corrected chi connectivity index (χ0v) is 19.6. The van der Waals surface area contributed by atoms with E-state index in [1.54, 1.807) is 23.0 Å². The van der Waals surface area contributed by atoms with Crippen LogP contribution in [0, 0.1) is 33.7 Å². The molecule has 0 radical (unpaired) electrons. The van der Waals surface area contributed by atoms with E-state index >= 15 is 0 Å². The normalized spacial score (nSPS) is 24.7. The average molecular weight is 517 g/mol. The van der Waals surface area contributed by atoms with Gasteiger partial charge in [0.05, 0.1) is 42.5 Å². The predicted molar refractivity (Wildman–Crippen MR) is 124 cm³/mol. The molecule has 2 aliphatic carbocycles. The summed E-state index contributed by atoms with van der Waals surface area (Å²) in [5, 5.41) is 22.3. The van der Waals surface area contributed by atoms with E-state index in [0.29, 0.717) is 17.7 Å². The number of benzene rings is 1. The number of carbonyl (C=O) groups excluding carboxylic acids is 1. The number of nitrogens with zero attached hydrogens (tertiary/aromatic N) is 6. The number of rotatable bonds is 9. The third-order valence-electron chi connectivity index (χ3n) is 6.85. The zero-order chi connectivity index (χ0) is 25.4. The van der Waals surface area contributed by atoms with Crippen LogP contribution in [-0.4, -0.2) is 41.8 Å². The third kappa shape index (κ3) is 4.71. The Morgan fingerprint density at radius 2 is 2.19 bits per heavy atom. The van der Waals surface area contributed by atoms with Gasteiger partial charge in [0.25, 0.3) is 5.69 Å². The minimum atomic E-state index is -0.675. The molecule has 14 heteroatoms. The Hall–Kier alpha value is -3.71. The molecule has 2 aliphatic rings. The molecule has 2 heterocycles. The topological polar surface area (TPSA) is 164 Å². The second kappa shape index (κ2) is 9.74. The van der Waals surface area contributed by atoms with Crippen molar-refractivity contribution < 1.29 is 18.8 Å². The molecule has 0 spiro atoms. The molecule has 188 valence electrons. The molecule has 5 atom stereocenters. The molecule has 0 unspecified atom stereocenters. The Labute approximate surface area is 209 Å². The van der Waals surface area contributed by atoms with Crippen LogP contribution < -0.4 is 11.1 Å². The van der Waals surface area contributed by atoms with Crippen LogP contribution in [0.5, 0.6) is 0 Å². The number of non-ortho nitro benzene ring substituents is 1. The van der Waals surface area contributed by atoms with Crippen LogP contribution in [0.3, 0.4) is 0 Å². The van der Waals surface area contributed by atoms with E-state index in [1.165, 1.54) is 12.1 Å². The van der Waals surface area contributed by atoms with Crippen LogP contribution >= 0.6 is 11.6 Å². The lowest BCUT2D eigenvalue weighted by molar-refractivity contribution is -0.385. The lowest BCUT2D eigenvalue weighted by Gasteiger charge is -2.35. The molecule has 5 rings (SSSR count). The average Bonchev–Trinajstić information content (AvgIpc) is 3.56. The van der Waals surface area contributed by atoms with E-state index in [0.717, 1.165) is 12.6 Å². The Morgan fingerprint density at radius 1 is 1.36 bits per heavy atom. The molecule has 2 fully saturated rings. The molecule has 36 heavy (non-hydrogen) atoms. The molecule has 12 nitrogen and oxygen atoms in total. The summed E-state index contributed by atoms with van der Waals surface area (Å²) >= 11 is 5.83. The van der Waals surface area contributed by atoms with E-state index in [9.17, 15) is 19.3 Å². The maximum atomic E-state index is 14.3. The summed E-state index contributed by atoms with van der Waals surface area (Å²) < 4.78 is 21.7. The molecule has 2 aromatic heterocycles. The maximum absolute atomic E-state index is 14.3. The summed E-state index contributed by atoms with van der Waals surface area (Å²) in [5.74, 6) is -1.75. The molecule has 0 saturated heterocycles. The Balaban J connectivity index is 1.26. The summed E-state index contributed by atoms with van der Waals surface area (Å²) in [4.78, 5) is 30.2. The van der Waals surface area contributed by atoms with Crippen LogP contribution in [0.15, 0.2) is 36.7 Å². The molecular weight excluding hydrogens is 495 g/mol. The Kier molecular flexibility index (Phi) is 6.49. The Morgan fingerprint density at radius 3 is 2.97 bits per heavy atom. The molecule has 2 saturated carbocycles. The number of hydrogen-bond acceptors (Lipinski definition) is 9. The molecule has 1 amide bonds. The number of hydrogen-bond donors (Lipinski definition) is 2. The summed E-state index contributed by atoms with van der Waals surface area (Å²) in [7, 11) is 0. The van der Waals surface area contributed by atoms with Crippen LogP contribution in [-0.2, 0) is 22.7 Å². The first-order valence-electron chi connectivity index (χ1n) is 11.3. The van der Waals surface area contributed by atoms with Crippen molar-refractivity contribution in [3.8, 4) is 0 Å². The standard InChI is InChI=1S/C22H22ClFN8O4/c23-22-26-7-16(24)21(28-22)27-19-15-5-12(18(19)20(25)33)6-17(15)31-8-13(29-30-31)10-36-9-11-2-1-3-14(4-11)32(34)35/h1-4,7-8,12,15,17-19H,5-6,9-10H2,(H2,25,33)(H,26,27,28)/t12-,15-,17-,18+,19-/m1/s1. The first-order valence-corrected chi connectivity index (χ1v) is 11.6. The van der Waals surface area contributed by atoms with Crippen LogP contribution in [0.1, 0.15) is 30.1 Å². The fourth-order valence-corrected chi connectivity index (χ4v) is 5.55. The fourth-order valence-electron chi connectivity index (χ4n) is 5.42. The van der Waals surface area contributed by atoms with Gasteiger partial charge in [-0.25, -0.2) is 14.1 Å². The Bertz CT molecular complexity index is 1310. The number of amides is 1. The van der Waals surface area contributed by atoms with Gasteiger partial charge < -0.3 is 15.8 Å². The van der Waals surface area contributed by atoms with Gasteiger partial charge in [0, 0.05) is 24.1 Å². The van der Waals surface area contributed by atoms with Crippen molar-refractivity contribution >= 4 is 29.0 Å². The van der Waals surface area contributed by atoms with Crippen molar-refractivity contribution in [3.05, 3.63) is 69.1 Å². The molecule has 2 bridgehead atoms. The van der Waals surface area contributed by atoms with Crippen molar-refractivity contribution in [3.63, 3.8) is 0 Å². The number of nitro groups is 1. The van der Waals surface area contributed by atoms with E-state index in [2.05, 4.69) is 25.6 Å². The summed E-state index contributed by atoms with van der Waals surface area (Å²) in [6.07, 6.45) is 4.14. The van der Waals surface area contributed by atoms with E-state index in [4.69, 9.17) is 22.1 Å². The van der Waals surface area contributed by atoms with E-state index < -0.39 is 28.6 Å². The number of halogens is 2. The van der Waals surface area contributed by atoms with Gasteiger partial charge in [-0.2, -0.15) is 4.98 Å². The number of primary amides is 1. The zero-order valence-electron chi connectivity index (χ0n) is 18.8. The second-order valence-electron chi connectivity index (χ2n) is 9.01. The number of carbonyl (C=O) groups is 1. The minimum Gasteiger partial charge on any atom is -0.370 e. The highest BCUT2D eigenvalue weighted by Gasteiger charge is 2.56. The number of aromatic nitrogens is 5.